The lowest BCUT2D eigenvalue weighted by Crippen LogP contribution is -2.27. The van der Waals surface area contributed by atoms with E-state index in [1.165, 1.54) is 35.5 Å². The highest BCUT2D eigenvalue weighted by molar-refractivity contribution is 7.91. The summed E-state index contributed by atoms with van der Waals surface area (Å²) in [6.07, 6.45) is 1.75. The molecule has 0 spiro atoms. The number of fused-ring (bicyclic) bond motifs is 3. The molecule has 6 heteroatoms. The van der Waals surface area contributed by atoms with Crippen molar-refractivity contribution >= 4 is 20.7 Å². The third-order valence-electron chi connectivity index (χ3n) is 4.78. The SMILES string of the molecule is CC1Cc2c([nH]c3ccc(S(=O)(=O)c4ccc(F)cc4)cc23)CCN1. The molecule has 0 bridgehead atoms. The van der Waals surface area contributed by atoms with Gasteiger partial charge in [-0.2, -0.15) is 0 Å². The van der Waals surface area contributed by atoms with Crippen molar-refractivity contribution in [1.29, 1.82) is 0 Å². The number of hydrogen-bond acceptors (Lipinski definition) is 3. The van der Waals surface area contributed by atoms with Crippen molar-refractivity contribution in [2.75, 3.05) is 6.54 Å². The minimum absolute atomic E-state index is 0.102. The molecule has 2 aromatic carbocycles. The van der Waals surface area contributed by atoms with Crippen LogP contribution in [0.5, 0.6) is 0 Å². The molecular weight excluding hydrogens is 339 g/mol. The van der Waals surface area contributed by atoms with Crippen LogP contribution in [-0.4, -0.2) is 26.0 Å². The van der Waals surface area contributed by atoms with Crippen molar-refractivity contribution in [3.8, 4) is 0 Å². The van der Waals surface area contributed by atoms with Crippen molar-refractivity contribution in [3.05, 3.63) is 59.5 Å². The lowest BCUT2D eigenvalue weighted by molar-refractivity contribution is 0.568. The van der Waals surface area contributed by atoms with Gasteiger partial charge in [0.15, 0.2) is 0 Å². The zero-order valence-corrected chi connectivity index (χ0v) is 14.7. The molecule has 3 aromatic rings. The molecule has 0 saturated heterocycles. The first-order valence-corrected chi connectivity index (χ1v) is 9.81. The standard InChI is InChI=1S/C19H19FN2O2S/c1-12-10-16-17-11-15(6-7-18(17)22-19(16)8-9-21-12)25(23,24)14-4-2-13(20)3-5-14/h2-7,11-12,21-22H,8-10H2,1H3. The molecule has 0 aliphatic carbocycles. The Labute approximate surface area is 146 Å². The molecule has 4 rings (SSSR count). The topological polar surface area (TPSA) is 62.0 Å². The van der Waals surface area contributed by atoms with Crippen LogP contribution in [-0.2, 0) is 22.7 Å². The van der Waals surface area contributed by atoms with Gasteiger partial charge in [0.2, 0.25) is 9.84 Å². The third-order valence-corrected chi connectivity index (χ3v) is 6.55. The monoisotopic (exact) mass is 358 g/mol. The van der Waals surface area contributed by atoms with E-state index in [9.17, 15) is 12.8 Å². The molecular formula is C19H19FN2O2S. The van der Waals surface area contributed by atoms with Crippen LogP contribution in [0.3, 0.4) is 0 Å². The number of sulfone groups is 1. The van der Waals surface area contributed by atoms with E-state index in [0.29, 0.717) is 6.04 Å². The average molecular weight is 358 g/mol. The number of benzene rings is 2. The molecule has 0 radical (unpaired) electrons. The molecule has 4 nitrogen and oxygen atoms in total. The van der Waals surface area contributed by atoms with E-state index in [1.54, 1.807) is 12.1 Å². The fourth-order valence-electron chi connectivity index (χ4n) is 3.47. The minimum atomic E-state index is -3.67. The summed E-state index contributed by atoms with van der Waals surface area (Å²) in [6, 6.07) is 10.5. The van der Waals surface area contributed by atoms with E-state index in [-0.39, 0.29) is 9.79 Å². The van der Waals surface area contributed by atoms with Crippen LogP contribution in [0.2, 0.25) is 0 Å². The Morgan fingerprint density at radius 1 is 1.08 bits per heavy atom. The number of H-pyrrole nitrogens is 1. The van der Waals surface area contributed by atoms with Crippen molar-refractivity contribution in [1.82, 2.24) is 10.3 Å². The van der Waals surface area contributed by atoms with Gasteiger partial charge in [-0.1, -0.05) is 0 Å². The fourth-order valence-corrected chi connectivity index (χ4v) is 4.75. The maximum Gasteiger partial charge on any atom is 0.206 e. The van der Waals surface area contributed by atoms with Crippen LogP contribution in [0.1, 0.15) is 18.2 Å². The Kier molecular flexibility index (Phi) is 3.89. The number of rotatable bonds is 2. The number of halogens is 1. The van der Waals surface area contributed by atoms with Crippen molar-refractivity contribution < 1.29 is 12.8 Å². The normalized spacial score (nSPS) is 18.1. The minimum Gasteiger partial charge on any atom is -0.358 e. The quantitative estimate of drug-likeness (QED) is 0.692. The third kappa shape index (κ3) is 2.85. The first-order chi connectivity index (χ1) is 11.9. The van der Waals surface area contributed by atoms with Gasteiger partial charge in [0.25, 0.3) is 0 Å². The van der Waals surface area contributed by atoms with E-state index in [1.807, 2.05) is 6.07 Å². The van der Waals surface area contributed by atoms with Gasteiger partial charge in [0.1, 0.15) is 5.82 Å². The second-order valence-electron chi connectivity index (χ2n) is 6.56. The molecule has 0 fully saturated rings. The molecule has 2 heterocycles. The molecule has 2 N–H and O–H groups in total. The Hall–Kier alpha value is -2.18. The van der Waals surface area contributed by atoms with Crippen LogP contribution in [0.15, 0.2) is 52.3 Å². The fraction of sp³-hybridized carbons (Fsp3) is 0.263. The summed E-state index contributed by atoms with van der Waals surface area (Å²) < 4.78 is 38.8. The molecule has 1 unspecified atom stereocenters. The van der Waals surface area contributed by atoms with Crippen molar-refractivity contribution in [3.63, 3.8) is 0 Å². The van der Waals surface area contributed by atoms with Gasteiger partial charge in [0, 0.05) is 35.6 Å². The highest BCUT2D eigenvalue weighted by Crippen LogP contribution is 2.30. The van der Waals surface area contributed by atoms with Crippen molar-refractivity contribution in [2.24, 2.45) is 0 Å². The zero-order chi connectivity index (χ0) is 17.6. The van der Waals surface area contributed by atoms with Crippen LogP contribution < -0.4 is 5.32 Å². The van der Waals surface area contributed by atoms with Gasteiger partial charge in [-0.05, 0) is 61.4 Å². The largest absolute Gasteiger partial charge is 0.358 e. The number of aromatic amines is 1. The predicted molar refractivity (Wildman–Crippen MR) is 95.0 cm³/mol. The Bertz CT molecular complexity index is 1040. The van der Waals surface area contributed by atoms with E-state index >= 15 is 0 Å². The number of aromatic nitrogens is 1. The molecule has 1 aromatic heterocycles. The summed E-state index contributed by atoms with van der Waals surface area (Å²) in [5.74, 6) is -0.452. The van der Waals surface area contributed by atoms with Gasteiger partial charge >= 0.3 is 0 Å². The van der Waals surface area contributed by atoms with Crippen LogP contribution in [0.4, 0.5) is 4.39 Å². The molecule has 0 amide bonds. The second-order valence-corrected chi connectivity index (χ2v) is 8.51. The number of nitrogens with one attached hydrogen (secondary N) is 2. The van der Waals surface area contributed by atoms with Crippen molar-refractivity contribution in [2.45, 2.75) is 35.6 Å². The lowest BCUT2D eigenvalue weighted by Gasteiger charge is -2.09. The Morgan fingerprint density at radius 3 is 2.56 bits per heavy atom. The first kappa shape index (κ1) is 16.3. The summed E-state index contributed by atoms with van der Waals surface area (Å²) in [6.45, 7) is 3.04. The van der Waals surface area contributed by atoms with Gasteiger partial charge in [0.05, 0.1) is 9.79 Å². The molecule has 1 atom stereocenters. The second kappa shape index (κ2) is 5.97. The molecule has 130 valence electrons. The average Bonchev–Trinajstić information content (AvgIpc) is 2.81. The highest BCUT2D eigenvalue weighted by atomic mass is 32.2. The molecule has 1 aliphatic rings. The van der Waals surface area contributed by atoms with E-state index in [4.69, 9.17) is 0 Å². The first-order valence-electron chi connectivity index (χ1n) is 8.32. The molecule has 0 saturated carbocycles. The van der Waals surface area contributed by atoms with Gasteiger partial charge < -0.3 is 10.3 Å². The maximum atomic E-state index is 13.1. The van der Waals surface area contributed by atoms with Crippen LogP contribution in [0.25, 0.3) is 10.9 Å². The van der Waals surface area contributed by atoms with E-state index in [0.717, 1.165) is 30.3 Å². The summed E-state index contributed by atoms with van der Waals surface area (Å²) in [7, 11) is -3.67. The molecule has 25 heavy (non-hydrogen) atoms. The van der Waals surface area contributed by atoms with E-state index < -0.39 is 15.7 Å². The lowest BCUT2D eigenvalue weighted by atomic mass is 10.0. The van der Waals surface area contributed by atoms with Crippen LogP contribution in [0, 0.1) is 5.82 Å². The predicted octanol–water partition coefficient (Wildman–Crippen LogP) is 3.22. The smallest absolute Gasteiger partial charge is 0.206 e. The number of hydrogen-bond donors (Lipinski definition) is 2. The van der Waals surface area contributed by atoms with E-state index in [2.05, 4.69) is 17.2 Å². The summed E-state index contributed by atoms with van der Waals surface area (Å²) in [4.78, 5) is 3.75. The Balaban J connectivity index is 1.85. The highest BCUT2D eigenvalue weighted by Gasteiger charge is 2.22. The van der Waals surface area contributed by atoms with Gasteiger partial charge in [-0.25, -0.2) is 12.8 Å². The van der Waals surface area contributed by atoms with Gasteiger partial charge in [-0.15, -0.1) is 0 Å². The van der Waals surface area contributed by atoms with Gasteiger partial charge in [-0.3, -0.25) is 0 Å². The Morgan fingerprint density at radius 2 is 1.80 bits per heavy atom. The zero-order valence-electron chi connectivity index (χ0n) is 13.8. The summed E-state index contributed by atoms with van der Waals surface area (Å²) in [5, 5.41) is 4.40. The summed E-state index contributed by atoms with van der Waals surface area (Å²) in [5.41, 5.74) is 3.31. The molecule has 1 aliphatic heterocycles. The summed E-state index contributed by atoms with van der Waals surface area (Å²) >= 11 is 0. The maximum absolute atomic E-state index is 13.1. The van der Waals surface area contributed by atoms with Crippen LogP contribution >= 0.6 is 0 Å².